The number of fused-ring (bicyclic) bond motifs is 2. The number of hydrogen-bond donors (Lipinski definition) is 1. The summed E-state index contributed by atoms with van der Waals surface area (Å²) in [6.07, 6.45) is 2.88. The van der Waals surface area contributed by atoms with Crippen LogP contribution in [0.4, 0.5) is 0 Å². The van der Waals surface area contributed by atoms with Gasteiger partial charge in [-0.1, -0.05) is 18.2 Å². The van der Waals surface area contributed by atoms with Crippen molar-refractivity contribution in [2.45, 2.75) is 19.9 Å². The molecule has 0 aliphatic carbocycles. The lowest BCUT2D eigenvalue weighted by Gasteiger charge is -2.26. The monoisotopic (exact) mass is 294 g/mol. The highest BCUT2D eigenvalue weighted by Crippen LogP contribution is 2.34. The molecule has 5 heteroatoms. The lowest BCUT2D eigenvalue weighted by Crippen LogP contribution is -2.34. The number of benzene rings is 1. The summed E-state index contributed by atoms with van der Waals surface area (Å²) in [6, 6.07) is 8.23. The summed E-state index contributed by atoms with van der Waals surface area (Å²) in [7, 11) is 1.99. The Balaban J connectivity index is 1.88. The number of aryl methyl sites for hydroxylation is 1. The highest BCUT2D eigenvalue weighted by atomic mass is 16.2. The molecule has 1 aromatic carbocycles. The van der Waals surface area contributed by atoms with E-state index in [0.29, 0.717) is 6.54 Å². The average molecular weight is 294 g/mol. The van der Waals surface area contributed by atoms with E-state index < -0.39 is 0 Å². The van der Waals surface area contributed by atoms with E-state index in [2.05, 4.69) is 17.1 Å². The molecule has 0 saturated carbocycles. The van der Waals surface area contributed by atoms with Gasteiger partial charge in [-0.25, -0.2) is 0 Å². The molecule has 22 heavy (non-hydrogen) atoms. The topological polar surface area (TPSA) is 53.9 Å². The molecule has 1 amide bonds. The van der Waals surface area contributed by atoms with Gasteiger partial charge in [0.15, 0.2) is 0 Å². The van der Waals surface area contributed by atoms with Crippen molar-refractivity contribution in [2.24, 2.45) is 7.05 Å². The third-order valence-corrected chi connectivity index (χ3v) is 4.53. The maximum absolute atomic E-state index is 11.7. The Morgan fingerprint density at radius 3 is 2.95 bits per heavy atom. The van der Waals surface area contributed by atoms with Crippen LogP contribution in [0.3, 0.4) is 0 Å². The number of aromatic amines is 1. The fraction of sp³-hybridized carbons (Fsp3) is 0.294. The van der Waals surface area contributed by atoms with Crippen molar-refractivity contribution < 1.29 is 4.79 Å². The fourth-order valence-corrected chi connectivity index (χ4v) is 3.34. The van der Waals surface area contributed by atoms with Crippen molar-refractivity contribution in [1.29, 1.82) is 0 Å². The number of carbonyl (C=O) groups excluding carboxylic acids is 1. The molecular weight excluding hydrogens is 276 g/mol. The number of nitrogens with zero attached hydrogens (tertiary/aromatic N) is 3. The largest absolute Gasteiger partial charge is 0.360 e. The van der Waals surface area contributed by atoms with E-state index in [9.17, 15) is 4.79 Å². The van der Waals surface area contributed by atoms with Crippen LogP contribution in [0.25, 0.3) is 22.2 Å². The average Bonchev–Trinajstić information content (AvgIpc) is 3.08. The molecule has 0 saturated heterocycles. The van der Waals surface area contributed by atoms with Crippen LogP contribution in [-0.4, -0.2) is 32.1 Å². The molecule has 112 valence electrons. The zero-order chi connectivity index (χ0) is 15.3. The third kappa shape index (κ3) is 1.85. The molecule has 1 aliphatic rings. The predicted molar refractivity (Wildman–Crippen MR) is 85.3 cm³/mol. The smallest absolute Gasteiger partial charge is 0.219 e. The minimum atomic E-state index is 0.124. The molecule has 3 heterocycles. The quantitative estimate of drug-likeness (QED) is 0.749. The number of hydrogen-bond acceptors (Lipinski definition) is 2. The molecule has 5 nitrogen and oxygen atoms in total. The Morgan fingerprint density at radius 2 is 2.14 bits per heavy atom. The van der Waals surface area contributed by atoms with E-state index in [1.807, 2.05) is 35.0 Å². The van der Waals surface area contributed by atoms with Gasteiger partial charge in [0.2, 0.25) is 5.91 Å². The van der Waals surface area contributed by atoms with Gasteiger partial charge < -0.3 is 9.88 Å². The summed E-state index contributed by atoms with van der Waals surface area (Å²) in [5.74, 6) is 0.124. The first-order chi connectivity index (χ1) is 10.6. The first-order valence-corrected chi connectivity index (χ1v) is 7.52. The first-order valence-electron chi connectivity index (χ1n) is 7.52. The standard InChI is InChI=1S/C17H18N4O/c1-11(22)21-8-7-16-14(10-21)17(19-20(16)2)13-9-18-15-6-4-3-5-12(13)15/h3-6,9,18H,7-8,10H2,1-2H3. The second-order valence-electron chi connectivity index (χ2n) is 5.84. The summed E-state index contributed by atoms with van der Waals surface area (Å²) in [5.41, 5.74) is 5.61. The van der Waals surface area contributed by atoms with Crippen molar-refractivity contribution in [3.63, 3.8) is 0 Å². The third-order valence-electron chi connectivity index (χ3n) is 4.53. The number of aromatic nitrogens is 3. The molecule has 1 N–H and O–H groups in total. The van der Waals surface area contributed by atoms with Gasteiger partial charge in [-0.05, 0) is 6.07 Å². The highest BCUT2D eigenvalue weighted by Gasteiger charge is 2.26. The summed E-state index contributed by atoms with van der Waals surface area (Å²) < 4.78 is 1.96. The fourth-order valence-electron chi connectivity index (χ4n) is 3.34. The second kappa shape index (κ2) is 4.73. The van der Waals surface area contributed by atoms with Crippen molar-refractivity contribution in [3.8, 4) is 11.3 Å². The van der Waals surface area contributed by atoms with E-state index in [1.54, 1.807) is 6.92 Å². The van der Waals surface area contributed by atoms with Gasteiger partial charge in [-0.2, -0.15) is 5.10 Å². The van der Waals surface area contributed by atoms with Crippen LogP contribution in [0.15, 0.2) is 30.5 Å². The summed E-state index contributed by atoms with van der Waals surface area (Å²) in [6.45, 7) is 3.05. The number of rotatable bonds is 1. The molecule has 0 spiro atoms. The minimum Gasteiger partial charge on any atom is -0.360 e. The van der Waals surface area contributed by atoms with Crippen LogP contribution in [0.5, 0.6) is 0 Å². The van der Waals surface area contributed by atoms with Gasteiger partial charge in [-0.15, -0.1) is 0 Å². The molecule has 0 radical (unpaired) electrons. The van der Waals surface area contributed by atoms with E-state index in [1.165, 1.54) is 16.6 Å². The van der Waals surface area contributed by atoms with Crippen molar-refractivity contribution in [1.82, 2.24) is 19.7 Å². The summed E-state index contributed by atoms with van der Waals surface area (Å²) in [4.78, 5) is 16.9. The number of H-pyrrole nitrogens is 1. The molecule has 0 unspecified atom stereocenters. The zero-order valence-electron chi connectivity index (χ0n) is 12.8. The van der Waals surface area contributed by atoms with Crippen molar-refractivity contribution in [2.75, 3.05) is 6.54 Å². The molecule has 0 fully saturated rings. The number of carbonyl (C=O) groups is 1. The van der Waals surface area contributed by atoms with E-state index >= 15 is 0 Å². The zero-order valence-corrected chi connectivity index (χ0v) is 12.8. The Labute approximate surface area is 128 Å². The molecule has 4 rings (SSSR count). The number of nitrogens with one attached hydrogen (secondary N) is 1. The van der Waals surface area contributed by atoms with Crippen LogP contribution in [0.1, 0.15) is 18.2 Å². The van der Waals surface area contributed by atoms with Gasteiger partial charge in [0.05, 0.1) is 5.69 Å². The molecule has 0 atom stereocenters. The van der Waals surface area contributed by atoms with Crippen molar-refractivity contribution >= 4 is 16.8 Å². The second-order valence-corrected chi connectivity index (χ2v) is 5.84. The van der Waals surface area contributed by atoms with Gasteiger partial charge in [0.25, 0.3) is 0 Å². The maximum atomic E-state index is 11.7. The van der Waals surface area contributed by atoms with Crippen LogP contribution in [0, 0.1) is 0 Å². The Hall–Kier alpha value is -2.56. The Morgan fingerprint density at radius 1 is 1.32 bits per heavy atom. The normalized spacial score (nSPS) is 14.4. The first kappa shape index (κ1) is 13.1. The minimum absolute atomic E-state index is 0.124. The molecule has 3 aromatic rings. The van der Waals surface area contributed by atoms with Gasteiger partial charge in [0, 0.05) is 67.4 Å². The SMILES string of the molecule is CC(=O)N1CCc2c(c(-c3c[nH]c4ccccc34)nn2C)C1. The van der Waals surface area contributed by atoms with Crippen LogP contribution in [-0.2, 0) is 24.8 Å². The van der Waals surface area contributed by atoms with E-state index in [-0.39, 0.29) is 5.91 Å². The predicted octanol–water partition coefficient (Wildman–Crippen LogP) is 2.47. The maximum Gasteiger partial charge on any atom is 0.219 e. The molecule has 2 aromatic heterocycles. The Bertz CT molecular complexity index is 874. The van der Waals surface area contributed by atoms with Crippen molar-refractivity contribution in [3.05, 3.63) is 41.7 Å². The van der Waals surface area contributed by atoms with E-state index in [0.717, 1.165) is 29.7 Å². The van der Waals surface area contributed by atoms with E-state index in [4.69, 9.17) is 5.10 Å². The Kier molecular flexibility index (Phi) is 2.82. The van der Waals surface area contributed by atoms with Gasteiger partial charge in [-0.3, -0.25) is 9.48 Å². The molecular formula is C17H18N4O. The highest BCUT2D eigenvalue weighted by molar-refractivity contribution is 5.95. The molecule has 1 aliphatic heterocycles. The summed E-state index contributed by atoms with van der Waals surface area (Å²) in [5, 5.41) is 5.91. The lowest BCUT2D eigenvalue weighted by atomic mass is 10.0. The number of amides is 1. The molecule has 0 bridgehead atoms. The van der Waals surface area contributed by atoms with Gasteiger partial charge >= 0.3 is 0 Å². The van der Waals surface area contributed by atoms with Gasteiger partial charge in [0.1, 0.15) is 0 Å². The summed E-state index contributed by atoms with van der Waals surface area (Å²) >= 11 is 0. The van der Waals surface area contributed by atoms with Crippen LogP contribution < -0.4 is 0 Å². The lowest BCUT2D eigenvalue weighted by molar-refractivity contribution is -0.129. The number of para-hydroxylation sites is 1. The van der Waals surface area contributed by atoms with Crippen LogP contribution >= 0.6 is 0 Å². The van der Waals surface area contributed by atoms with Crippen LogP contribution in [0.2, 0.25) is 0 Å².